The van der Waals surface area contributed by atoms with Crippen LogP contribution in [0.3, 0.4) is 0 Å². The number of hydrogen-bond donors (Lipinski definition) is 6. The average molecular weight is 294 g/mol. The molecule has 0 aliphatic heterocycles. The maximum Gasteiger partial charge on any atom is 0.330 e. The zero-order valence-electron chi connectivity index (χ0n) is 11.5. The van der Waals surface area contributed by atoms with Crippen LogP contribution < -0.4 is 16.4 Å². The van der Waals surface area contributed by atoms with E-state index >= 15 is 0 Å². The summed E-state index contributed by atoms with van der Waals surface area (Å²) in [7, 11) is 0. The van der Waals surface area contributed by atoms with E-state index in [0.29, 0.717) is 5.57 Å². The van der Waals surface area contributed by atoms with E-state index in [-0.39, 0.29) is 24.3 Å². The van der Waals surface area contributed by atoms with E-state index in [1.165, 1.54) is 0 Å². The minimum absolute atomic E-state index is 0. The summed E-state index contributed by atoms with van der Waals surface area (Å²) < 4.78 is 0. The first-order chi connectivity index (χ1) is 8.34. The van der Waals surface area contributed by atoms with Crippen molar-refractivity contribution in [3.8, 4) is 0 Å². The summed E-state index contributed by atoms with van der Waals surface area (Å²) in [6.45, 7) is 6.07. The lowest BCUT2D eigenvalue weighted by Gasteiger charge is -2.06. The van der Waals surface area contributed by atoms with Crippen LogP contribution in [0.15, 0.2) is 11.6 Å². The number of nitrogens with one attached hydrogen (secondary N) is 4. The molecular formula is C11H24ClN5O2. The van der Waals surface area contributed by atoms with Crippen molar-refractivity contribution in [1.29, 1.82) is 10.8 Å². The molecule has 0 amide bonds. The van der Waals surface area contributed by atoms with Crippen LogP contribution in [0, 0.1) is 10.8 Å². The summed E-state index contributed by atoms with van der Waals surface area (Å²) >= 11 is 0. The zero-order valence-corrected chi connectivity index (χ0v) is 12.4. The van der Waals surface area contributed by atoms with Crippen LogP contribution in [0.4, 0.5) is 0 Å². The number of allylic oxidation sites excluding steroid dienone is 1. The molecule has 0 radical (unpaired) electrons. The molecule has 0 aromatic heterocycles. The molecular weight excluding hydrogens is 270 g/mol. The summed E-state index contributed by atoms with van der Waals surface area (Å²) in [5.41, 5.74) is 5.38. The van der Waals surface area contributed by atoms with Gasteiger partial charge in [0.15, 0.2) is 11.9 Å². The predicted molar refractivity (Wildman–Crippen MR) is 80.0 cm³/mol. The number of aliphatic carboxylic acids is 1. The lowest BCUT2D eigenvalue weighted by atomic mass is 10.3. The van der Waals surface area contributed by atoms with Gasteiger partial charge in [-0.3, -0.25) is 16.1 Å². The zero-order chi connectivity index (χ0) is 14.6. The molecule has 7 nitrogen and oxygen atoms in total. The molecule has 0 bridgehead atoms. The summed E-state index contributed by atoms with van der Waals surface area (Å²) in [4.78, 5) is 9.86. The Bertz CT molecular complexity index is 318. The van der Waals surface area contributed by atoms with E-state index in [1.54, 1.807) is 19.9 Å². The fourth-order valence-corrected chi connectivity index (χ4v) is 0.693. The monoisotopic (exact) mass is 293 g/mol. The number of guanidine groups is 2. The Morgan fingerprint density at radius 1 is 1.42 bits per heavy atom. The van der Waals surface area contributed by atoms with Crippen LogP contribution in [0.1, 0.15) is 33.6 Å². The fourth-order valence-electron chi connectivity index (χ4n) is 0.693. The van der Waals surface area contributed by atoms with Gasteiger partial charge in [-0.05, 0) is 20.3 Å². The normalized spacial score (nSPS) is 9.32. The Morgan fingerprint density at radius 2 is 1.95 bits per heavy atom. The van der Waals surface area contributed by atoms with Gasteiger partial charge in [-0.2, -0.15) is 0 Å². The number of rotatable bonds is 4. The topological polar surface area (TPSA) is 135 Å². The number of hydrogen-bond acceptors (Lipinski definition) is 3. The lowest BCUT2D eigenvalue weighted by Crippen LogP contribution is -2.43. The molecule has 0 fully saturated rings. The number of carboxylic acids is 1. The van der Waals surface area contributed by atoms with Crippen LogP contribution in [0.25, 0.3) is 0 Å². The van der Waals surface area contributed by atoms with Gasteiger partial charge in [-0.25, -0.2) is 4.79 Å². The molecule has 0 saturated carbocycles. The predicted octanol–water partition coefficient (Wildman–Crippen LogP) is 1.25. The minimum Gasteiger partial charge on any atom is -0.478 e. The molecule has 0 aromatic rings. The molecule has 0 saturated heterocycles. The van der Waals surface area contributed by atoms with Crippen LogP contribution >= 0.6 is 12.4 Å². The molecule has 0 spiro atoms. The smallest absolute Gasteiger partial charge is 0.330 e. The molecule has 19 heavy (non-hydrogen) atoms. The molecule has 7 N–H and O–H groups in total. The van der Waals surface area contributed by atoms with Crippen LogP contribution in [0.5, 0.6) is 0 Å². The molecule has 112 valence electrons. The SMILES string of the molecule is C/C=C(\C)C(=O)O.CCCCNC(=N)NC(=N)N.Cl. The van der Waals surface area contributed by atoms with Crippen molar-refractivity contribution in [3.63, 3.8) is 0 Å². The van der Waals surface area contributed by atoms with Crippen molar-refractivity contribution in [2.24, 2.45) is 5.73 Å². The molecule has 0 unspecified atom stereocenters. The molecule has 0 atom stereocenters. The fraction of sp³-hybridized carbons (Fsp3) is 0.545. The third-order valence-corrected chi connectivity index (χ3v) is 1.86. The van der Waals surface area contributed by atoms with Crippen molar-refractivity contribution < 1.29 is 9.90 Å². The second-order valence-electron chi connectivity index (χ2n) is 3.47. The van der Waals surface area contributed by atoms with Gasteiger partial charge in [0.05, 0.1) is 0 Å². The summed E-state index contributed by atoms with van der Waals surface area (Å²) in [6.07, 6.45) is 3.66. The highest BCUT2D eigenvalue weighted by molar-refractivity contribution is 5.94. The Morgan fingerprint density at radius 3 is 2.21 bits per heavy atom. The number of nitrogens with two attached hydrogens (primary N) is 1. The largest absolute Gasteiger partial charge is 0.478 e. The number of halogens is 1. The second-order valence-corrected chi connectivity index (χ2v) is 3.47. The van der Waals surface area contributed by atoms with Gasteiger partial charge in [0, 0.05) is 12.1 Å². The summed E-state index contributed by atoms with van der Waals surface area (Å²) in [6, 6.07) is 0. The molecule has 0 aliphatic carbocycles. The molecule has 0 aromatic carbocycles. The highest BCUT2D eigenvalue weighted by Crippen LogP contribution is 1.87. The van der Waals surface area contributed by atoms with Crippen LogP contribution in [-0.2, 0) is 4.79 Å². The first kappa shape index (κ1) is 22.4. The van der Waals surface area contributed by atoms with Crippen LogP contribution in [-0.4, -0.2) is 29.5 Å². The number of carboxylic acid groups (broad SMARTS) is 1. The van der Waals surface area contributed by atoms with Crippen molar-refractivity contribution >= 4 is 30.3 Å². The Hall–Kier alpha value is -1.76. The van der Waals surface area contributed by atoms with Gasteiger partial charge in [-0.15, -0.1) is 12.4 Å². The average Bonchev–Trinajstić information content (AvgIpc) is 2.28. The molecule has 8 heteroatoms. The maximum atomic E-state index is 9.86. The molecule has 0 heterocycles. The van der Waals surface area contributed by atoms with Gasteiger partial charge >= 0.3 is 5.97 Å². The maximum absolute atomic E-state index is 9.86. The first-order valence-electron chi connectivity index (χ1n) is 5.64. The second kappa shape index (κ2) is 14.3. The third-order valence-electron chi connectivity index (χ3n) is 1.86. The Kier molecular flexibility index (Phi) is 16.9. The van der Waals surface area contributed by atoms with Crippen molar-refractivity contribution in [2.45, 2.75) is 33.6 Å². The van der Waals surface area contributed by atoms with Crippen molar-refractivity contribution in [1.82, 2.24) is 10.6 Å². The van der Waals surface area contributed by atoms with Gasteiger partial charge in [0.1, 0.15) is 0 Å². The highest BCUT2D eigenvalue weighted by atomic mass is 35.5. The van der Waals surface area contributed by atoms with Crippen molar-refractivity contribution in [2.75, 3.05) is 6.54 Å². The number of unbranched alkanes of at least 4 members (excludes halogenated alkanes) is 1. The summed E-state index contributed by atoms with van der Waals surface area (Å²) in [5, 5.41) is 27.2. The van der Waals surface area contributed by atoms with E-state index in [9.17, 15) is 4.79 Å². The van der Waals surface area contributed by atoms with E-state index in [2.05, 4.69) is 17.6 Å². The van der Waals surface area contributed by atoms with E-state index in [4.69, 9.17) is 21.7 Å². The van der Waals surface area contributed by atoms with Gasteiger partial charge < -0.3 is 16.2 Å². The van der Waals surface area contributed by atoms with E-state index in [0.717, 1.165) is 19.4 Å². The molecule has 0 rings (SSSR count). The van der Waals surface area contributed by atoms with Gasteiger partial charge in [-0.1, -0.05) is 19.4 Å². The van der Waals surface area contributed by atoms with Crippen molar-refractivity contribution in [3.05, 3.63) is 11.6 Å². The van der Waals surface area contributed by atoms with E-state index in [1.807, 2.05) is 0 Å². The highest BCUT2D eigenvalue weighted by Gasteiger charge is 1.94. The Balaban J connectivity index is -0.000000280. The quantitative estimate of drug-likeness (QED) is 0.201. The number of carbonyl (C=O) groups is 1. The lowest BCUT2D eigenvalue weighted by molar-refractivity contribution is -0.132. The van der Waals surface area contributed by atoms with Crippen LogP contribution in [0.2, 0.25) is 0 Å². The minimum atomic E-state index is -0.845. The van der Waals surface area contributed by atoms with Gasteiger partial charge in [0.25, 0.3) is 0 Å². The molecule has 0 aliphatic rings. The Labute approximate surface area is 120 Å². The van der Waals surface area contributed by atoms with E-state index < -0.39 is 5.97 Å². The summed E-state index contributed by atoms with van der Waals surface area (Å²) in [5.74, 6) is -0.965. The standard InChI is InChI=1S/C6H15N5.C5H8O2.ClH/c1-2-3-4-10-6(9)11-5(7)8;1-3-4(2)5(6)7;/h2-4H2,1H3,(H6,7,8,9,10,11);3H,1-2H3,(H,6,7);1H/b;4-3+;. The third kappa shape index (κ3) is 18.8. The first-order valence-corrected chi connectivity index (χ1v) is 5.64. The van der Waals surface area contributed by atoms with Gasteiger partial charge in [0.2, 0.25) is 0 Å².